The van der Waals surface area contributed by atoms with Gasteiger partial charge in [-0.25, -0.2) is 4.98 Å². The Bertz CT molecular complexity index is 1360. The minimum atomic E-state index is -2.93. The van der Waals surface area contributed by atoms with Gasteiger partial charge in [-0.15, -0.1) is 0 Å². The summed E-state index contributed by atoms with van der Waals surface area (Å²) >= 11 is 0. The summed E-state index contributed by atoms with van der Waals surface area (Å²) in [6.45, 7) is 0.284. The molecule has 1 fully saturated rings. The van der Waals surface area contributed by atoms with Crippen molar-refractivity contribution >= 4 is 16.7 Å². The second-order valence-electron chi connectivity index (χ2n) is 8.11. The number of ether oxygens (including phenoxy) is 2. The smallest absolute Gasteiger partial charge is 0.387 e. The van der Waals surface area contributed by atoms with Crippen LogP contribution in [0.15, 0.2) is 65.6 Å². The molecule has 0 bridgehead atoms. The summed E-state index contributed by atoms with van der Waals surface area (Å²) in [4.78, 5) is 19.6. The van der Waals surface area contributed by atoms with Crippen molar-refractivity contribution < 1.29 is 18.3 Å². The van der Waals surface area contributed by atoms with Gasteiger partial charge in [-0.1, -0.05) is 24.3 Å². The number of pyridine rings is 1. The van der Waals surface area contributed by atoms with Gasteiger partial charge in [0.1, 0.15) is 11.6 Å². The van der Waals surface area contributed by atoms with E-state index >= 15 is 0 Å². The average Bonchev–Trinajstić information content (AvgIpc) is 3.10. The van der Waals surface area contributed by atoms with Crippen LogP contribution in [-0.4, -0.2) is 47.3 Å². The van der Waals surface area contributed by atoms with E-state index in [1.807, 2.05) is 30.5 Å². The normalized spacial score (nSPS) is 14.2. The molecule has 34 heavy (non-hydrogen) atoms. The summed E-state index contributed by atoms with van der Waals surface area (Å²) < 4.78 is 39.1. The summed E-state index contributed by atoms with van der Waals surface area (Å²) in [5.74, 6) is 0.992. The first-order valence-electron chi connectivity index (χ1n) is 11.0. The molecular formula is C25H24F2N4O3. The molecule has 0 unspecified atom stereocenters. The maximum Gasteiger partial charge on any atom is 0.387 e. The predicted octanol–water partition coefficient (Wildman–Crippen LogP) is 3.89. The van der Waals surface area contributed by atoms with Gasteiger partial charge in [-0.05, 0) is 35.9 Å². The molecule has 176 valence electrons. The molecule has 0 N–H and O–H groups in total. The number of alkyl halides is 2. The maximum atomic E-state index is 12.9. The van der Waals surface area contributed by atoms with Gasteiger partial charge in [-0.2, -0.15) is 8.78 Å². The number of para-hydroxylation sites is 1. The van der Waals surface area contributed by atoms with E-state index in [4.69, 9.17) is 4.74 Å². The first kappa shape index (κ1) is 22.1. The van der Waals surface area contributed by atoms with E-state index in [0.29, 0.717) is 29.7 Å². The second-order valence-corrected chi connectivity index (χ2v) is 8.11. The first-order valence-corrected chi connectivity index (χ1v) is 11.0. The molecule has 0 aliphatic carbocycles. The van der Waals surface area contributed by atoms with E-state index in [0.717, 1.165) is 30.0 Å². The van der Waals surface area contributed by atoms with Crippen LogP contribution in [0.2, 0.25) is 0 Å². The van der Waals surface area contributed by atoms with E-state index in [-0.39, 0.29) is 17.9 Å². The number of morpholine rings is 1. The zero-order valence-electron chi connectivity index (χ0n) is 18.7. The van der Waals surface area contributed by atoms with Crippen LogP contribution in [0, 0.1) is 0 Å². The Labute approximate surface area is 194 Å². The number of halogens is 2. The Hall–Kier alpha value is -3.72. The molecule has 1 aliphatic rings. The number of nitrogens with zero attached hydrogens (tertiary/aromatic N) is 4. The Kier molecular flexibility index (Phi) is 6.02. The third-order valence-corrected chi connectivity index (χ3v) is 6.09. The molecule has 7 nitrogen and oxygen atoms in total. The van der Waals surface area contributed by atoms with Crippen LogP contribution in [-0.2, 0) is 18.3 Å². The van der Waals surface area contributed by atoms with Crippen LogP contribution in [0.1, 0.15) is 5.56 Å². The molecule has 1 saturated heterocycles. The van der Waals surface area contributed by atoms with Crippen LogP contribution >= 0.6 is 0 Å². The summed E-state index contributed by atoms with van der Waals surface area (Å²) in [6, 6.07) is 16.2. The van der Waals surface area contributed by atoms with Crippen LogP contribution in [0.25, 0.3) is 22.0 Å². The van der Waals surface area contributed by atoms with Crippen LogP contribution in [0.3, 0.4) is 0 Å². The van der Waals surface area contributed by atoms with Crippen molar-refractivity contribution in [3.8, 4) is 16.9 Å². The van der Waals surface area contributed by atoms with Gasteiger partial charge in [-0.3, -0.25) is 14.2 Å². The fourth-order valence-electron chi connectivity index (χ4n) is 4.29. The van der Waals surface area contributed by atoms with Gasteiger partial charge < -0.3 is 14.4 Å². The molecule has 3 heterocycles. The average molecular weight is 466 g/mol. The van der Waals surface area contributed by atoms with Gasteiger partial charge in [0.2, 0.25) is 0 Å². The molecule has 2 aromatic heterocycles. The molecule has 4 aromatic rings. The number of hydrogen-bond donors (Lipinski definition) is 0. The second kappa shape index (κ2) is 9.26. The molecular weight excluding hydrogens is 442 g/mol. The Morgan fingerprint density at radius 2 is 1.82 bits per heavy atom. The van der Waals surface area contributed by atoms with E-state index in [2.05, 4.69) is 14.6 Å². The third kappa shape index (κ3) is 4.26. The van der Waals surface area contributed by atoms with Crippen molar-refractivity contribution in [2.45, 2.75) is 13.2 Å². The van der Waals surface area contributed by atoms with Crippen molar-refractivity contribution in [1.29, 1.82) is 0 Å². The van der Waals surface area contributed by atoms with Gasteiger partial charge in [0.15, 0.2) is 0 Å². The van der Waals surface area contributed by atoms with Crippen LogP contribution < -0.4 is 15.2 Å². The number of benzene rings is 2. The van der Waals surface area contributed by atoms with Gasteiger partial charge in [0.05, 0.1) is 30.7 Å². The summed E-state index contributed by atoms with van der Waals surface area (Å²) in [7, 11) is 1.66. The monoisotopic (exact) mass is 466 g/mol. The largest absolute Gasteiger partial charge is 0.434 e. The first-order chi connectivity index (χ1) is 16.5. The number of aromatic nitrogens is 3. The molecule has 0 spiro atoms. The highest BCUT2D eigenvalue weighted by molar-refractivity contribution is 5.84. The molecule has 9 heteroatoms. The number of rotatable bonds is 6. The van der Waals surface area contributed by atoms with Crippen molar-refractivity contribution in [2.24, 2.45) is 7.05 Å². The van der Waals surface area contributed by atoms with Crippen molar-refractivity contribution in [1.82, 2.24) is 14.3 Å². The van der Waals surface area contributed by atoms with Gasteiger partial charge in [0.25, 0.3) is 5.56 Å². The molecule has 0 radical (unpaired) electrons. The fourth-order valence-corrected chi connectivity index (χ4v) is 4.29. The fraction of sp³-hybridized carbons (Fsp3) is 0.280. The zero-order valence-corrected chi connectivity index (χ0v) is 18.7. The molecule has 2 aromatic carbocycles. The molecule has 0 amide bonds. The van der Waals surface area contributed by atoms with Crippen LogP contribution in [0.4, 0.5) is 14.6 Å². The lowest BCUT2D eigenvalue weighted by Gasteiger charge is -2.27. The third-order valence-electron chi connectivity index (χ3n) is 6.09. The quantitative estimate of drug-likeness (QED) is 0.432. The highest BCUT2D eigenvalue weighted by atomic mass is 19.3. The lowest BCUT2D eigenvalue weighted by atomic mass is 10.1. The van der Waals surface area contributed by atoms with E-state index in [1.54, 1.807) is 36.0 Å². The summed E-state index contributed by atoms with van der Waals surface area (Å²) in [5, 5.41) is 0.552. The number of hydrogen-bond acceptors (Lipinski definition) is 5. The molecule has 0 saturated carbocycles. The highest BCUT2D eigenvalue weighted by Gasteiger charge is 2.16. The highest BCUT2D eigenvalue weighted by Crippen LogP contribution is 2.27. The zero-order chi connectivity index (χ0) is 23.7. The van der Waals surface area contributed by atoms with Crippen LogP contribution in [0.5, 0.6) is 5.75 Å². The minimum Gasteiger partial charge on any atom is -0.434 e. The maximum absolute atomic E-state index is 12.9. The van der Waals surface area contributed by atoms with Crippen molar-refractivity contribution in [2.75, 3.05) is 31.2 Å². The van der Waals surface area contributed by atoms with E-state index < -0.39 is 6.61 Å². The van der Waals surface area contributed by atoms with E-state index in [1.165, 1.54) is 10.7 Å². The van der Waals surface area contributed by atoms with Gasteiger partial charge >= 0.3 is 6.61 Å². The van der Waals surface area contributed by atoms with Crippen molar-refractivity contribution in [3.63, 3.8) is 0 Å². The Balaban J connectivity index is 1.50. The topological polar surface area (TPSA) is 61.5 Å². The molecule has 0 atom stereocenters. The van der Waals surface area contributed by atoms with Crippen molar-refractivity contribution in [3.05, 3.63) is 76.7 Å². The SMILES string of the molecule is Cn1c(=O)c2ccc(-c3ccc(N4CCOCC4)nc3)cc2n1Cc1ccccc1OC(F)F. The standard InChI is InChI=1S/C25H24F2N4O3/c1-29-24(32)20-8-6-17(18-7-9-23(28-15-18)30-10-12-33-13-11-30)14-21(20)31(29)16-19-4-2-3-5-22(19)34-25(26)27/h2-9,14-15,25H,10-13,16H2,1H3. The summed E-state index contributed by atoms with van der Waals surface area (Å²) in [6.07, 6.45) is 1.82. The Morgan fingerprint density at radius 1 is 1.06 bits per heavy atom. The van der Waals surface area contributed by atoms with E-state index in [9.17, 15) is 13.6 Å². The molecule has 1 aliphatic heterocycles. The summed E-state index contributed by atoms with van der Waals surface area (Å²) in [5.41, 5.74) is 2.93. The lowest BCUT2D eigenvalue weighted by Crippen LogP contribution is -2.36. The number of anilines is 1. The lowest BCUT2D eigenvalue weighted by molar-refractivity contribution is -0.0505. The predicted molar refractivity (Wildman–Crippen MR) is 126 cm³/mol. The van der Waals surface area contributed by atoms with Gasteiger partial charge in [0, 0.05) is 37.5 Å². The molecule has 5 rings (SSSR count). The number of fused-ring (bicyclic) bond motifs is 1. The Morgan fingerprint density at radius 3 is 2.56 bits per heavy atom. The minimum absolute atomic E-state index is 0.0888.